The Hall–Kier alpha value is -1.36. The minimum absolute atomic E-state index is 0.778. The maximum Gasteiger partial charge on any atom is 0.137 e. The summed E-state index contributed by atoms with van der Waals surface area (Å²) >= 11 is 0. The molecule has 1 aliphatic rings. The summed E-state index contributed by atoms with van der Waals surface area (Å²) in [5.74, 6) is 2.83. The van der Waals surface area contributed by atoms with Crippen molar-refractivity contribution in [2.75, 3.05) is 43.1 Å². The molecule has 18 heavy (non-hydrogen) atoms. The zero-order valence-electron chi connectivity index (χ0n) is 11.5. The van der Waals surface area contributed by atoms with E-state index in [4.69, 9.17) is 4.74 Å². The Morgan fingerprint density at radius 1 is 1.22 bits per heavy atom. The highest BCUT2D eigenvalue weighted by atomic mass is 16.5. The van der Waals surface area contributed by atoms with E-state index in [1.54, 1.807) is 0 Å². The zero-order valence-corrected chi connectivity index (χ0v) is 11.5. The van der Waals surface area contributed by atoms with E-state index in [9.17, 15) is 0 Å². The minimum atomic E-state index is 0.778. The number of anilines is 2. The molecule has 5 nitrogen and oxygen atoms in total. The molecule has 0 saturated carbocycles. The van der Waals surface area contributed by atoms with E-state index in [0.29, 0.717) is 0 Å². The van der Waals surface area contributed by atoms with E-state index in [1.807, 2.05) is 6.92 Å². The van der Waals surface area contributed by atoms with Crippen LogP contribution in [0, 0.1) is 13.8 Å². The molecule has 0 atom stereocenters. The average Bonchev–Trinajstić information content (AvgIpc) is 2.40. The predicted octanol–water partition coefficient (Wildman–Crippen LogP) is 1.75. The predicted molar refractivity (Wildman–Crippen MR) is 73.3 cm³/mol. The van der Waals surface area contributed by atoms with Gasteiger partial charge in [-0.3, -0.25) is 0 Å². The van der Waals surface area contributed by atoms with Gasteiger partial charge in [0.1, 0.15) is 17.5 Å². The molecule has 1 N–H and O–H groups in total. The number of rotatable bonds is 4. The van der Waals surface area contributed by atoms with Crippen LogP contribution in [0.25, 0.3) is 0 Å². The van der Waals surface area contributed by atoms with Crippen molar-refractivity contribution in [3.63, 3.8) is 0 Å². The number of hydrogen-bond donors (Lipinski definition) is 1. The van der Waals surface area contributed by atoms with E-state index in [0.717, 1.165) is 62.3 Å². The quantitative estimate of drug-likeness (QED) is 0.882. The van der Waals surface area contributed by atoms with Crippen molar-refractivity contribution in [1.29, 1.82) is 0 Å². The van der Waals surface area contributed by atoms with Crippen LogP contribution in [-0.2, 0) is 4.74 Å². The first-order valence-electron chi connectivity index (χ1n) is 6.64. The van der Waals surface area contributed by atoms with Crippen LogP contribution in [0.3, 0.4) is 0 Å². The normalized spacial score (nSPS) is 15.8. The van der Waals surface area contributed by atoms with Crippen LogP contribution >= 0.6 is 0 Å². The maximum atomic E-state index is 5.39. The summed E-state index contributed by atoms with van der Waals surface area (Å²) in [7, 11) is 0. The molecule has 0 spiro atoms. The van der Waals surface area contributed by atoms with Crippen LogP contribution in [0.4, 0.5) is 11.6 Å². The smallest absolute Gasteiger partial charge is 0.137 e. The molecule has 100 valence electrons. The third-order valence-electron chi connectivity index (χ3n) is 3.08. The van der Waals surface area contributed by atoms with Crippen molar-refractivity contribution in [3.8, 4) is 0 Å². The molecular formula is C13H22N4O. The van der Waals surface area contributed by atoms with Gasteiger partial charge >= 0.3 is 0 Å². The van der Waals surface area contributed by atoms with Crippen molar-refractivity contribution in [1.82, 2.24) is 9.97 Å². The Labute approximate surface area is 109 Å². The zero-order chi connectivity index (χ0) is 13.0. The summed E-state index contributed by atoms with van der Waals surface area (Å²) < 4.78 is 5.39. The molecule has 5 heteroatoms. The van der Waals surface area contributed by atoms with E-state index in [1.165, 1.54) is 0 Å². The SMILES string of the molecule is CCCNc1nc(C)nc(N2CCOCC2)c1C. The van der Waals surface area contributed by atoms with Crippen molar-refractivity contribution in [2.24, 2.45) is 0 Å². The van der Waals surface area contributed by atoms with Gasteiger partial charge in [-0.25, -0.2) is 9.97 Å². The summed E-state index contributed by atoms with van der Waals surface area (Å²) in [6, 6.07) is 0. The monoisotopic (exact) mass is 250 g/mol. The van der Waals surface area contributed by atoms with Crippen molar-refractivity contribution >= 4 is 11.6 Å². The van der Waals surface area contributed by atoms with E-state index < -0.39 is 0 Å². The lowest BCUT2D eigenvalue weighted by molar-refractivity contribution is 0.122. The number of aromatic nitrogens is 2. The first kappa shape index (κ1) is 13.1. The summed E-state index contributed by atoms with van der Waals surface area (Å²) in [6.07, 6.45) is 1.09. The molecule has 0 radical (unpaired) electrons. The molecular weight excluding hydrogens is 228 g/mol. The van der Waals surface area contributed by atoms with E-state index in [2.05, 4.69) is 34.0 Å². The molecule has 0 bridgehead atoms. The first-order chi connectivity index (χ1) is 8.72. The maximum absolute atomic E-state index is 5.39. The summed E-state index contributed by atoms with van der Waals surface area (Å²) in [5, 5.41) is 3.37. The second-order valence-electron chi connectivity index (χ2n) is 4.59. The Bertz CT molecular complexity index is 402. The second-order valence-corrected chi connectivity index (χ2v) is 4.59. The highest BCUT2D eigenvalue weighted by molar-refractivity contribution is 5.58. The lowest BCUT2D eigenvalue weighted by Crippen LogP contribution is -2.37. The molecule has 0 aliphatic carbocycles. The fraction of sp³-hybridized carbons (Fsp3) is 0.692. The molecule has 1 aromatic heterocycles. The Balaban J connectivity index is 2.25. The van der Waals surface area contributed by atoms with Gasteiger partial charge in [0.2, 0.25) is 0 Å². The Kier molecular flexibility index (Phi) is 4.36. The topological polar surface area (TPSA) is 50.3 Å². The van der Waals surface area contributed by atoms with Gasteiger partial charge in [0, 0.05) is 25.2 Å². The molecule has 0 amide bonds. The van der Waals surface area contributed by atoms with Crippen molar-refractivity contribution < 1.29 is 4.74 Å². The summed E-state index contributed by atoms with van der Waals surface area (Å²) in [6.45, 7) is 10.5. The molecule has 2 rings (SSSR count). The molecule has 1 aliphatic heterocycles. The summed E-state index contributed by atoms with van der Waals surface area (Å²) in [5.41, 5.74) is 1.14. The highest BCUT2D eigenvalue weighted by Crippen LogP contribution is 2.24. The molecule has 0 aromatic carbocycles. The van der Waals surface area contributed by atoms with Crippen LogP contribution < -0.4 is 10.2 Å². The van der Waals surface area contributed by atoms with Gasteiger partial charge in [0.05, 0.1) is 13.2 Å². The number of morpholine rings is 1. The molecule has 1 fully saturated rings. The van der Waals surface area contributed by atoms with Gasteiger partial charge in [0.15, 0.2) is 0 Å². The summed E-state index contributed by atoms with van der Waals surface area (Å²) in [4.78, 5) is 11.4. The number of aryl methyl sites for hydroxylation is 1. The van der Waals surface area contributed by atoms with Gasteiger partial charge < -0.3 is 15.0 Å². The molecule has 0 unspecified atom stereocenters. The Morgan fingerprint density at radius 2 is 1.94 bits per heavy atom. The molecule has 2 heterocycles. The van der Waals surface area contributed by atoms with Crippen LogP contribution in [0.2, 0.25) is 0 Å². The third-order valence-corrected chi connectivity index (χ3v) is 3.08. The van der Waals surface area contributed by atoms with Gasteiger partial charge in [-0.15, -0.1) is 0 Å². The van der Waals surface area contributed by atoms with Crippen molar-refractivity contribution in [3.05, 3.63) is 11.4 Å². The molecule has 1 saturated heterocycles. The van der Waals surface area contributed by atoms with Gasteiger partial charge in [-0.1, -0.05) is 6.92 Å². The third kappa shape index (κ3) is 2.90. The van der Waals surface area contributed by atoms with Crippen LogP contribution in [0.5, 0.6) is 0 Å². The Morgan fingerprint density at radius 3 is 2.61 bits per heavy atom. The largest absolute Gasteiger partial charge is 0.378 e. The van der Waals surface area contributed by atoms with Gasteiger partial charge in [-0.05, 0) is 20.3 Å². The number of ether oxygens (including phenoxy) is 1. The number of nitrogens with zero attached hydrogens (tertiary/aromatic N) is 3. The van der Waals surface area contributed by atoms with E-state index in [-0.39, 0.29) is 0 Å². The fourth-order valence-electron chi connectivity index (χ4n) is 2.11. The lowest BCUT2D eigenvalue weighted by Gasteiger charge is -2.29. The van der Waals surface area contributed by atoms with Crippen LogP contribution in [-0.4, -0.2) is 42.8 Å². The van der Waals surface area contributed by atoms with Crippen LogP contribution in [0.1, 0.15) is 24.7 Å². The first-order valence-corrected chi connectivity index (χ1v) is 6.64. The van der Waals surface area contributed by atoms with Crippen molar-refractivity contribution in [2.45, 2.75) is 27.2 Å². The number of hydrogen-bond acceptors (Lipinski definition) is 5. The van der Waals surface area contributed by atoms with Gasteiger partial charge in [0.25, 0.3) is 0 Å². The second kappa shape index (κ2) is 6.00. The fourth-order valence-corrected chi connectivity index (χ4v) is 2.11. The minimum Gasteiger partial charge on any atom is -0.378 e. The number of nitrogens with one attached hydrogen (secondary N) is 1. The lowest BCUT2D eigenvalue weighted by atomic mass is 10.2. The molecule has 1 aromatic rings. The van der Waals surface area contributed by atoms with Crippen LogP contribution in [0.15, 0.2) is 0 Å². The van der Waals surface area contributed by atoms with Gasteiger partial charge in [-0.2, -0.15) is 0 Å². The van der Waals surface area contributed by atoms with E-state index >= 15 is 0 Å². The highest BCUT2D eigenvalue weighted by Gasteiger charge is 2.17. The average molecular weight is 250 g/mol. The standard InChI is InChI=1S/C13H22N4O/c1-4-5-14-12-10(2)13(16-11(3)15-12)17-6-8-18-9-7-17/h4-9H2,1-3H3,(H,14,15,16).